The summed E-state index contributed by atoms with van der Waals surface area (Å²) in [5.74, 6) is 0. The fraction of sp³-hybridized carbons (Fsp3) is 0.733. The van der Waals surface area contributed by atoms with Gasteiger partial charge in [0.25, 0.3) is 0 Å². The van der Waals surface area contributed by atoms with Crippen molar-refractivity contribution in [3.63, 3.8) is 0 Å². The summed E-state index contributed by atoms with van der Waals surface area (Å²) in [4.78, 5) is 17.4. The van der Waals surface area contributed by atoms with E-state index in [0.29, 0.717) is 0 Å². The summed E-state index contributed by atoms with van der Waals surface area (Å²) < 4.78 is 5.35. The SMILES string of the molecule is Cc1ncsc1CNCC1(NC(=O)OC(C)(C)C)CCC1. The van der Waals surface area contributed by atoms with Crippen LogP contribution in [0.25, 0.3) is 0 Å². The molecule has 2 N–H and O–H groups in total. The molecule has 0 aliphatic heterocycles. The van der Waals surface area contributed by atoms with E-state index in [1.807, 2.05) is 33.2 Å². The van der Waals surface area contributed by atoms with Gasteiger partial charge >= 0.3 is 6.09 Å². The third-order valence-corrected chi connectivity index (χ3v) is 4.61. The highest BCUT2D eigenvalue weighted by atomic mass is 32.1. The highest BCUT2D eigenvalue weighted by Crippen LogP contribution is 2.31. The number of hydrogen-bond acceptors (Lipinski definition) is 5. The molecule has 21 heavy (non-hydrogen) atoms. The first-order chi connectivity index (χ1) is 9.80. The van der Waals surface area contributed by atoms with E-state index in [2.05, 4.69) is 15.6 Å². The Labute approximate surface area is 130 Å². The number of ether oxygens (including phenoxy) is 1. The lowest BCUT2D eigenvalue weighted by Gasteiger charge is -2.42. The Bertz CT molecular complexity index is 489. The fourth-order valence-electron chi connectivity index (χ4n) is 2.38. The van der Waals surface area contributed by atoms with Crippen LogP contribution >= 0.6 is 11.3 Å². The molecule has 0 radical (unpaired) electrons. The van der Waals surface area contributed by atoms with Gasteiger partial charge in [-0.15, -0.1) is 11.3 Å². The first-order valence-corrected chi connectivity index (χ1v) is 8.28. The quantitative estimate of drug-likeness (QED) is 0.877. The van der Waals surface area contributed by atoms with Crippen LogP contribution < -0.4 is 10.6 Å². The lowest BCUT2D eigenvalue weighted by Crippen LogP contribution is -2.59. The molecule has 1 heterocycles. The molecule has 0 bridgehead atoms. The molecule has 1 aliphatic rings. The highest BCUT2D eigenvalue weighted by molar-refractivity contribution is 7.09. The third kappa shape index (κ3) is 4.68. The predicted octanol–water partition coefficient (Wildman–Crippen LogP) is 2.99. The zero-order valence-electron chi connectivity index (χ0n) is 13.3. The number of aryl methyl sites for hydroxylation is 1. The molecule has 1 aliphatic carbocycles. The number of nitrogens with zero attached hydrogens (tertiary/aromatic N) is 1. The summed E-state index contributed by atoms with van der Waals surface area (Å²) >= 11 is 1.66. The predicted molar refractivity (Wildman–Crippen MR) is 84.5 cm³/mol. The van der Waals surface area contributed by atoms with Crippen LogP contribution in [-0.4, -0.2) is 28.8 Å². The van der Waals surface area contributed by atoms with Gasteiger partial charge in [0.15, 0.2) is 0 Å². The van der Waals surface area contributed by atoms with Crippen LogP contribution in [0.2, 0.25) is 0 Å². The number of thiazole rings is 1. The number of amides is 1. The standard InChI is InChI=1S/C15H25N3O2S/c1-11-12(21-10-17-11)8-16-9-15(6-5-7-15)18-13(19)20-14(2,3)4/h10,16H,5-9H2,1-4H3,(H,18,19). The van der Waals surface area contributed by atoms with E-state index in [-0.39, 0.29) is 11.6 Å². The van der Waals surface area contributed by atoms with Gasteiger partial charge in [0.2, 0.25) is 0 Å². The van der Waals surface area contributed by atoms with E-state index in [1.54, 1.807) is 11.3 Å². The second-order valence-corrected chi connectivity index (χ2v) is 7.66. The monoisotopic (exact) mass is 311 g/mol. The van der Waals surface area contributed by atoms with E-state index >= 15 is 0 Å². The van der Waals surface area contributed by atoms with Crippen LogP contribution in [0.4, 0.5) is 4.79 Å². The van der Waals surface area contributed by atoms with Crippen molar-refractivity contribution in [2.24, 2.45) is 0 Å². The minimum Gasteiger partial charge on any atom is -0.444 e. The van der Waals surface area contributed by atoms with Gasteiger partial charge in [0.1, 0.15) is 5.60 Å². The highest BCUT2D eigenvalue weighted by Gasteiger charge is 2.39. The van der Waals surface area contributed by atoms with Gasteiger partial charge in [-0.25, -0.2) is 9.78 Å². The van der Waals surface area contributed by atoms with Crippen molar-refractivity contribution < 1.29 is 9.53 Å². The maximum Gasteiger partial charge on any atom is 0.408 e. The maximum atomic E-state index is 11.9. The van der Waals surface area contributed by atoms with Gasteiger partial charge in [-0.05, 0) is 47.0 Å². The summed E-state index contributed by atoms with van der Waals surface area (Å²) in [5, 5.41) is 6.48. The Morgan fingerprint density at radius 3 is 2.67 bits per heavy atom. The molecule has 0 unspecified atom stereocenters. The van der Waals surface area contributed by atoms with Crippen molar-refractivity contribution in [3.8, 4) is 0 Å². The summed E-state index contributed by atoms with van der Waals surface area (Å²) in [6, 6.07) is 0. The molecule has 1 fully saturated rings. The van der Waals surface area contributed by atoms with Crippen LogP contribution in [0.3, 0.4) is 0 Å². The van der Waals surface area contributed by atoms with Gasteiger partial charge in [-0.2, -0.15) is 0 Å². The second-order valence-electron chi connectivity index (χ2n) is 6.73. The van der Waals surface area contributed by atoms with Crippen molar-refractivity contribution in [1.29, 1.82) is 0 Å². The molecule has 1 amide bonds. The molecule has 0 saturated heterocycles. The van der Waals surface area contributed by atoms with Crippen molar-refractivity contribution in [2.45, 2.75) is 64.6 Å². The van der Waals surface area contributed by atoms with Crippen LogP contribution in [0.1, 0.15) is 50.6 Å². The van der Waals surface area contributed by atoms with E-state index in [1.165, 1.54) is 4.88 Å². The van der Waals surface area contributed by atoms with Gasteiger partial charge < -0.3 is 15.4 Å². The molecular formula is C15H25N3O2S. The largest absolute Gasteiger partial charge is 0.444 e. The molecule has 5 nitrogen and oxygen atoms in total. The number of hydrogen-bond donors (Lipinski definition) is 2. The molecule has 118 valence electrons. The molecule has 1 aromatic heterocycles. The van der Waals surface area contributed by atoms with Crippen LogP contribution in [-0.2, 0) is 11.3 Å². The van der Waals surface area contributed by atoms with E-state index in [9.17, 15) is 4.79 Å². The number of carbonyl (C=O) groups is 1. The van der Waals surface area contributed by atoms with E-state index in [0.717, 1.165) is 38.0 Å². The summed E-state index contributed by atoms with van der Waals surface area (Å²) in [5.41, 5.74) is 2.34. The lowest BCUT2D eigenvalue weighted by molar-refractivity contribution is 0.0382. The minimum atomic E-state index is -0.456. The van der Waals surface area contributed by atoms with Gasteiger partial charge in [0, 0.05) is 18.0 Å². The first-order valence-electron chi connectivity index (χ1n) is 7.41. The minimum absolute atomic E-state index is 0.152. The Hall–Kier alpha value is -1.14. The molecule has 0 atom stereocenters. The Kier molecular flexibility index (Phi) is 4.88. The summed E-state index contributed by atoms with van der Waals surface area (Å²) in [6.45, 7) is 9.23. The van der Waals surface area contributed by atoms with Crippen molar-refractivity contribution in [2.75, 3.05) is 6.54 Å². The third-order valence-electron chi connectivity index (χ3n) is 3.67. The Morgan fingerprint density at radius 1 is 1.48 bits per heavy atom. The molecule has 1 aromatic rings. The number of rotatable bonds is 5. The van der Waals surface area contributed by atoms with Crippen LogP contribution in [0.5, 0.6) is 0 Å². The van der Waals surface area contributed by atoms with E-state index < -0.39 is 5.60 Å². The van der Waals surface area contributed by atoms with Gasteiger partial charge in [0.05, 0.1) is 16.7 Å². The summed E-state index contributed by atoms with van der Waals surface area (Å²) in [7, 11) is 0. The topological polar surface area (TPSA) is 63.2 Å². The Morgan fingerprint density at radius 2 is 2.19 bits per heavy atom. The average Bonchev–Trinajstić information content (AvgIpc) is 2.69. The molecule has 2 rings (SSSR count). The van der Waals surface area contributed by atoms with E-state index in [4.69, 9.17) is 4.74 Å². The van der Waals surface area contributed by atoms with Crippen LogP contribution in [0.15, 0.2) is 5.51 Å². The fourth-order valence-corrected chi connectivity index (χ4v) is 3.13. The number of carbonyl (C=O) groups excluding carboxylic acids is 1. The summed E-state index contributed by atoms with van der Waals surface area (Å²) in [6.07, 6.45) is 2.83. The number of alkyl carbamates (subject to hydrolysis) is 1. The van der Waals surface area contributed by atoms with Crippen molar-refractivity contribution in [1.82, 2.24) is 15.6 Å². The number of nitrogens with one attached hydrogen (secondary N) is 2. The lowest BCUT2D eigenvalue weighted by atomic mass is 9.76. The molecule has 0 spiro atoms. The van der Waals surface area contributed by atoms with Crippen molar-refractivity contribution >= 4 is 17.4 Å². The first kappa shape index (κ1) is 16.2. The molecule has 6 heteroatoms. The maximum absolute atomic E-state index is 11.9. The molecule has 0 aromatic carbocycles. The van der Waals surface area contributed by atoms with Crippen LogP contribution in [0, 0.1) is 6.92 Å². The zero-order chi connectivity index (χ0) is 15.5. The number of aromatic nitrogens is 1. The van der Waals surface area contributed by atoms with Crippen molar-refractivity contribution in [3.05, 3.63) is 16.1 Å². The normalized spacial score (nSPS) is 17.1. The average molecular weight is 311 g/mol. The Balaban J connectivity index is 1.81. The van der Waals surface area contributed by atoms with Gasteiger partial charge in [-0.3, -0.25) is 0 Å². The molecule has 1 saturated carbocycles. The van der Waals surface area contributed by atoms with Gasteiger partial charge in [-0.1, -0.05) is 0 Å². The smallest absolute Gasteiger partial charge is 0.408 e. The second kappa shape index (κ2) is 6.32. The zero-order valence-corrected chi connectivity index (χ0v) is 14.1. The molecular weight excluding hydrogens is 286 g/mol.